The number of carboxylic acid groups (broad SMARTS) is 1. The van der Waals surface area contributed by atoms with Crippen molar-refractivity contribution in [2.24, 2.45) is 0 Å². The highest BCUT2D eigenvalue weighted by atomic mass is 16.4. The van der Waals surface area contributed by atoms with Crippen LogP contribution in [0.2, 0.25) is 0 Å². The highest BCUT2D eigenvalue weighted by Crippen LogP contribution is 2.01. The Labute approximate surface area is 172 Å². The average molecular weight is 392 g/mol. The quantitative estimate of drug-likeness (QED) is 0.211. The molecule has 0 saturated heterocycles. The van der Waals surface area contributed by atoms with Gasteiger partial charge in [-0.25, -0.2) is 0 Å². The third-order valence-electron chi connectivity index (χ3n) is 4.37. The van der Waals surface area contributed by atoms with Gasteiger partial charge in [-0.3, -0.25) is 4.79 Å². The lowest BCUT2D eigenvalue weighted by Gasteiger charge is -2.16. The van der Waals surface area contributed by atoms with Gasteiger partial charge in [-0.1, -0.05) is 68.4 Å². The number of nitrogens with one attached hydrogen (secondary N) is 1. The fourth-order valence-electron chi connectivity index (χ4n) is 2.67. The second kappa shape index (κ2) is 20.1. The van der Waals surface area contributed by atoms with Crippen LogP contribution in [-0.4, -0.2) is 34.9 Å². The Morgan fingerprint density at radius 2 is 1.29 bits per heavy atom. The van der Waals surface area contributed by atoms with Crippen molar-refractivity contribution in [2.45, 2.75) is 90.2 Å². The minimum Gasteiger partial charge on any atom is -0.480 e. The normalized spacial score (nSPS) is 14.7. The molecule has 28 heavy (non-hydrogen) atoms. The summed E-state index contributed by atoms with van der Waals surface area (Å²) < 4.78 is 0. The molecule has 0 spiro atoms. The van der Waals surface area contributed by atoms with Gasteiger partial charge in [0.2, 0.25) is 0 Å². The first-order chi connectivity index (χ1) is 13.6. The number of carboxylic acids is 1. The summed E-state index contributed by atoms with van der Waals surface area (Å²) in [6.07, 6.45) is 27.8. The summed E-state index contributed by atoms with van der Waals surface area (Å²) >= 11 is 0. The van der Waals surface area contributed by atoms with Crippen LogP contribution in [0.1, 0.15) is 78.1 Å². The molecule has 0 rings (SSSR count). The highest BCUT2D eigenvalue weighted by molar-refractivity contribution is 5.74. The van der Waals surface area contributed by atoms with E-state index in [1.807, 2.05) is 0 Å². The number of rotatable bonds is 18. The molecule has 2 atom stereocenters. The predicted molar refractivity (Wildman–Crippen MR) is 120 cm³/mol. The smallest absolute Gasteiger partial charge is 0.323 e. The Balaban J connectivity index is 3.54. The van der Waals surface area contributed by atoms with E-state index in [0.29, 0.717) is 6.54 Å². The number of carbonyl (C=O) groups is 1. The molecular weight excluding hydrogens is 350 g/mol. The zero-order valence-electron chi connectivity index (χ0n) is 17.9. The van der Waals surface area contributed by atoms with Crippen LogP contribution < -0.4 is 5.32 Å². The Kier molecular flexibility index (Phi) is 18.9. The first kappa shape index (κ1) is 26.4. The Hall–Kier alpha value is -1.65. The first-order valence-corrected chi connectivity index (χ1v) is 10.8. The van der Waals surface area contributed by atoms with E-state index in [0.717, 1.165) is 38.5 Å². The van der Waals surface area contributed by atoms with Gasteiger partial charge in [0.05, 0.1) is 6.10 Å². The molecule has 0 aromatic rings. The van der Waals surface area contributed by atoms with Crippen LogP contribution in [0.5, 0.6) is 0 Å². The largest absolute Gasteiger partial charge is 0.480 e. The molecule has 3 N–H and O–H groups in total. The second-order valence-corrected chi connectivity index (χ2v) is 7.09. The molecule has 0 fully saturated rings. The molecule has 0 aromatic carbocycles. The average Bonchev–Trinajstić information content (AvgIpc) is 2.65. The van der Waals surface area contributed by atoms with Gasteiger partial charge < -0.3 is 15.5 Å². The van der Waals surface area contributed by atoms with Gasteiger partial charge >= 0.3 is 5.97 Å². The molecular formula is C24H41NO3. The van der Waals surface area contributed by atoms with Crippen LogP contribution in [0, 0.1) is 0 Å². The first-order valence-electron chi connectivity index (χ1n) is 10.8. The highest BCUT2D eigenvalue weighted by Gasteiger charge is 2.21. The summed E-state index contributed by atoms with van der Waals surface area (Å²) in [6, 6.07) is -0.878. The third kappa shape index (κ3) is 17.7. The van der Waals surface area contributed by atoms with Gasteiger partial charge in [-0.2, -0.15) is 0 Å². The monoisotopic (exact) mass is 391 g/mol. The molecule has 0 bridgehead atoms. The lowest BCUT2D eigenvalue weighted by Crippen LogP contribution is -2.45. The number of aliphatic carboxylic acids is 1. The van der Waals surface area contributed by atoms with Crippen molar-refractivity contribution in [1.29, 1.82) is 0 Å². The van der Waals surface area contributed by atoms with E-state index < -0.39 is 18.1 Å². The minimum absolute atomic E-state index is 0.607. The Morgan fingerprint density at radius 1 is 0.821 bits per heavy atom. The van der Waals surface area contributed by atoms with Gasteiger partial charge in [0.1, 0.15) is 6.04 Å². The second-order valence-electron chi connectivity index (χ2n) is 7.09. The van der Waals surface area contributed by atoms with E-state index in [9.17, 15) is 9.90 Å². The molecule has 4 heteroatoms. The number of hydrogen-bond acceptors (Lipinski definition) is 3. The van der Waals surface area contributed by atoms with Gasteiger partial charge in [0.15, 0.2) is 0 Å². The lowest BCUT2D eigenvalue weighted by molar-refractivity contribution is -0.142. The van der Waals surface area contributed by atoms with Crippen molar-refractivity contribution < 1.29 is 15.0 Å². The van der Waals surface area contributed by atoms with E-state index >= 15 is 0 Å². The molecule has 0 heterocycles. The fourth-order valence-corrected chi connectivity index (χ4v) is 2.67. The summed E-state index contributed by atoms with van der Waals surface area (Å²) in [6.45, 7) is 4.33. The van der Waals surface area contributed by atoms with Crippen LogP contribution in [-0.2, 0) is 4.79 Å². The Bertz CT molecular complexity index is 478. The molecule has 2 unspecified atom stereocenters. The lowest BCUT2D eigenvalue weighted by atomic mass is 10.1. The van der Waals surface area contributed by atoms with Crippen LogP contribution >= 0.6 is 0 Å². The van der Waals surface area contributed by atoms with Crippen molar-refractivity contribution in [3.63, 3.8) is 0 Å². The molecule has 0 aliphatic rings. The summed E-state index contributed by atoms with van der Waals surface area (Å²) in [5, 5.41) is 21.2. The predicted octanol–water partition coefficient (Wildman–Crippen LogP) is 5.56. The number of allylic oxidation sites excluding steroid dienone is 8. The van der Waals surface area contributed by atoms with Gasteiger partial charge in [0, 0.05) is 0 Å². The SMILES string of the molecule is CCCCCC=CCC=CC/C=C\C/C=C\CCCCNC(C(=O)O)C(C)O. The summed E-state index contributed by atoms with van der Waals surface area (Å²) in [5.41, 5.74) is 0. The van der Waals surface area contributed by atoms with Crippen molar-refractivity contribution >= 4 is 5.97 Å². The maximum Gasteiger partial charge on any atom is 0.323 e. The third-order valence-corrected chi connectivity index (χ3v) is 4.37. The fraction of sp³-hybridized carbons (Fsp3) is 0.625. The van der Waals surface area contributed by atoms with Crippen molar-refractivity contribution in [3.05, 3.63) is 48.6 Å². The summed E-state index contributed by atoms with van der Waals surface area (Å²) in [4.78, 5) is 10.9. The van der Waals surface area contributed by atoms with Crippen LogP contribution in [0.25, 0.3) is 0 Å². The number of aliphatic hydroxyl groups is 1. The van der Waals surface area contributed by atoms with Crippen LogP contribution in [0.4, 0.5) is 0 Å². The minimum atomic E-state index is -1.00. The van der Waals surface area contributed by atoms with Crippen molar-refractivity contribution in [2.75, 3.05) is 6.54 Å². The van der Waals surface area contributed by atoms with Crippen LogP contribution in [0.15, 0.2) is 48.6 Å². The standard InChI is InChI=1S/C24H41NO3/c1-3-4-5-6-7-8-9-10-11-12-13-14-15-16-17-18-19-20-21-25-23(22(2)26)24(27)28/h7-8,10-11,13-14,16-17,22-23,25-26H,3-6,9,12,15,18-21H2,1-2H3,(H,27,28)/b8-7?,11-10?,14-13-,17-16-. The molecule has 160 valence electrons. The topological polar surface area (TPSA) is 69.6 Å². The van der Waals surface area contributed by atoms with E-state index in [1.165, 1.54) is 32.6 Å². The number of hydrogen-bond donors (Lipinski definition) is 3. The van der Waals surface area contributed by atoms with Crippen molar-refractivity contribution in [3.8, 4) is 0 Å². The summed E-state index contributed by atoms with van der Waals surface area (Å²) in [5.74, 6) is -1.00. The molecule has 0 aliphatic heterocycles. The zero-order chi connectivity index (χ0) is 20.9. The Morgan fingerprint density at radius 3 is 1.71 bits per heavy atom. The van der Waals surface area contributed by atoms with E-state index in [-0.39, 0.29) is 0 Å². The molecule has 0 aliphatic carbocycles. The summed E-state index contributed by atoms with van der Waals surface area (Å²) in [7, 11) is 0. The molecule has 0 aromatic heterocycles. The van der Waals surface area contributed by atoms with Gasteiger partial charge in [-0.05, 0) is 64.8 Å². The number of unbranched alkanes of at least 4 members (excludes halogenated alkanes) is 5. The van der Waals surface area contributed by atoms with E-state index in [1.54, 1.807) is 0 Å². The maximum absolute atomic E-state index is 10.9. The van der Waals surface area contributed by atoms with Gasteiger partial charge in [-0.15, -0.1) is 0 Å². The molecule has 0 radical (unpaired) electrons. The molecule has 0 amide bonds. The van der Waals surface area contributed by atoms with E-state index in [4.69, 9.17) is 5.11 Å². The van der Waals surface area contributed by atoms with Crippen LogP contribution in [0.3, 0.4) is 0 Å². The zero-order valence-corrected chi connectivity index (χ0v) is 17.9. The van der Waals surface area contributed by atoms with E-state index in [2.05, 4.69) is 60.8 Å². The molecule has 0 saturated carbocycles. The maximum atomic E-state index is 10.9. The molecule has 4 nitrogen and oxygen atoms in total. The van der Waals surface area contributed by atoms with Gasteiger partial charge in [0.25, 0.3) is 0 Å². The van der Waals surface area contributed by atoms with Crippen molar-refractivity contribution in [1.82, 2.24) is 5.32 Å². The number of aliphatic hydroxyl groups excluding tert-OH is 1.